The van der Waals surface area contributed by atoms with Crippen molar-refractivity contribution in [2.24, 2.45) is 5.92 Å². The van der Waals surface area contributed by atoms with Crippen molar-refractivity contribution < 1.29 is 43.6 Å². The highest BCUT2D eigenvalue weighted by molar-refractivity contribution is 5.86. The van der Waals surface area contributed by atoms with Crippen LogP contribution in [0.3, 0.4) is 0 Å². The number of urea groups is 1. The Morgan fingerprint density at radius 2 is 1.00 bits per heavy atom. The Bertz CT molecular complexity index is 3770. The molecular formula is C64H74F2N16O7. The molecule has 2 aliphatic heterocycles. The normalized spacial score (nSPS) is 24.0. The molecule has 6 heterocycles. The van der Waals surface area contributed by atoms with Crippen LogP contribution < -0.4 is 41.7 Å². The van der Waals surface area contributed by atoms with Gasteiger partial charge in [0.25, 0.3) is 0 Å². The number of aliphatic hydroxyl groups is 4. The van der Waals surface area contributed by atoms with Crippen LogP contribution >= 0.6 is 0 Å². The predicted molar refractivity (Wildman–Crippen MR) is 330 cm³/mol. The van der Waals surface area contributed by atoms with Crippen LogP contribution in [0.25, 0.3) is 22.3 Å². The summed E-state index contributed by atoms with van der Waals surface area (Å²) in [5.41, 5.74) is 5.41. The Labute approximate surface area is 512 Å². The summed E-state index contributed by atoms with van der Waals surface area (Å²) in [4.78, 5) is 72.4. The first-order valence-electron chi connectivity index (χ1n) is 30.6. The van der Waals surface area contributed by atoms with Crippen molar-refractivity contribution in [3.8, 4) is 0 Å². The minimum atomic E-state index is -1.25. The minimum absolute atomic E-state index is 0.156. The fraction of sp³-hybridized carbons (Fsp3) is 0.422. The minimum Gasteiger partial charge on any atom is -0.390 e. The van der Waals surface area contributed by atoms with Gasteiger partial charge in [-0.05, 0) is 72.2 Å². The molecule has 23 nitrogen and oxygen atoms in total. The maximum atomic E-state index is 14.2. The predicted octanol–water partition coefficient (Wildman–Crippen LogP) is 5.26. The summed E-state index contributed by atoms with van der Waals surface area (Å²) in [5, 5.41) is 64.5. The molecule has 4 amide bonds. The second-order valence-electron chi connectivity index (χ2n) is 23.7. The number of imidazole rings is 2. The fourth-order valence-electron chi connectivity index (χ4n) is 13.1. The van der Waals surface area contributed by atoms with Gasteiger partial charge in [-0.2, -0.15) is 19.9 Å². The Hall–Kier alpha value is -8.91. The van der Waals surface area contributed by atoms with Gasteiger partial charge in [-0.25, -0.2) is 23.5 Å². The maximum absolute atomic E-state index is 14.2. The van der Waals surface area contributed by atoms with Crippen LogP contribution in [0.1, 0.15) is 98.5 Å². The fourth-order valence-corrected chi connectivity index (χ4v) is 13.1. The Morgan fingerprint density at radius 3 is 1.47 bits per heavy atom. The first kappa shape index (κ1) is 60.4. The third-order valence-corrected chi connectivity index (χ3v) is 18.0. The summed E-state index contributed by atoms with van der Waals surface area (Å²) >= 11 is 0. The molecule has 0 bridgehead atoms. The molecule has 2 aliphatic carbocycles. The SMILES string of the molecule is CCC(=O)NC[C@H]1C[C@@H](n2cnc3c(NCC(c4ccccc4)c4ccc(F)cc4)nc(N4CC[C@@H](NC(=O)N[C@@H]5CCN(c6nc(NCC(c7ccccc7)c7ccc(F)cc7)c7ncn([C@@H]8C[C@H](NC(=O)CC)[C@@H](O)[C@H]8O)c7n6)C5)C4)nc32)[C@H](O)[C@@H]1O. The van der Waals surface area contributed by atoms with Crippen molar-refractivity contribution in [1.82, 2.24) is 60.3 Å². The van der Waals surface area contributed by atoms with Gasteiger partial charge < -0.3 is 71.3 Å². The summed E-state index contributed by atoms with van der Waals surface area (Å²) in [5.74, 6) is -0.445. The molecule has 2 unspecified atom stereocenters. The van der Waals surface area contributed by atoms with E-state index in [-0.39, 0.29) is 79.2 Å². The number of hydrogen-bond acceptors (Lipinski definition) is 17. The van der Waals surface area contributed by atoms with Gasteiger partial charge >= 0.3 is 6.03 Å². The topological polar surface area (TPSA) is 298 Å². The number of aromatic nitrogens is 8. The van der Waals surface area contributed by atoms with E-state index in [1.807, 2.05) is 70.5 Å². The molecule has 8 aromatic rings. The molecule has 4 aromatic heterocycles. The first-order chi connectivity index (χ1) is 43.2. The molecule has 2 saturated carbocycles. The van der Waals surface area contributed by atoms with E-state index >= 15 is 0 Å². The number of benzene rings is 4. The molecule has 0 radical (unpaired) electrons. The highest BCUT2D eigenvalue weighted by Crippen LogP contribution is 2.40. The Balaban J connectivity index is 0.767. The molecule has 12 atom stereocenters. The average Bonchev–Trinajstić information content (AvgIpc) is 1.82. The van der Waals surface area contributed by atoms with Gasteiger partial charge in [0.05, 0.1) is 36.9 Å². The highest BCUT2D eigenvalue weighted by Gasteiger charge is 2.45. The van der Waals surface area contributed by atoms with E-state index in [9.17, 15) is 43.6 Å². The second-order valence-corrected chi connectivity index (χ2v) is 23.7. The number of carbonyl (C=O) groups is 3. The summed E-state index contributed by atoms with van der Waals surface area (Å²) < 4.78 is 31.9. The molecule has 4 aliphatic rings. The van der Waals surface area contributed by atoms with Crippen LogP contribution in [0.4, 0.5) is 37.1 Å². The van der Waals surface area contributed by atoms with E-state index in [4.69, 9.17) is 29.9 Å². The molecule has 4 aromatic carbocycles. The number of hydrogen-bond donors (Lipinski definition) is 10. The summed E-state index contributed by atoms with van der Waals surface area (Å²) in [7, 11) is 0. The van der Waals surface area contributed by atoms with Crippen LogP contribution in [-0.4, -0.2) is 166 Å². The van der Waals surface area contributed by atoms with Gasteiger partial charge in [-0.3, -0.25) is 9.59 Å². The lowest BCUT2D eigenvalue weighted by Crippen LogP contribution is -2.48. The van der Waals surface area contributed by atoms with Crippen LogP contribution in [0.15, 0.2) is 122 Å². The standard InChI is InChI=1S/C64H74F2N16O7/c1-3-50(83)67-29-40-27-48(56(87)54(40)85)81-34-70-52-58(68-30-45(36-11-7-5-8-12-36)38-15-19-41(65)20-16-38)75-62(77-60(52)81)79-25-23-43(32-79)72-64(89)73-44-24-26-80(33-44)63-76-59(69-31-46(37-13-9-6-10-14-37)39-17-21-42(66)22-18-39)53-61(78-63)82(35-71-53)49-28-47(55(86)57(49)88)74-51(84)4-2/h5-22,34-35,40,43-49,54-57,85-88H,3-4,23-33H2,1-2H3,(H,67,83)(H,74,84)(H,68,75,77)(H,69,76,78)(H2,72,73,89)/t40-,43-,44-,45?,46?,47+,48-,49-,54-,55-,56+,57+/m1/s1. The molecule has 89 heavy (non-hydrogen) atoms. The smallest absolute Gasteiger partial charge is 0.315 e. The maximum Gasteiger partial charge on any atom is 0.315 e. The van der Waals surface area contributed by atoms with E-state index in [1.165, 1.54) is 24.3 Å². The number of carbonyl (C=O) groups excluding carboxylic acids is 3. The van der Waals surface area contributed by atoms with E-state index < -0.39 is 48.5 Å². The number of fused-ring (bicyclic) bond motifs is 2. The Kier molecular flexibility index (Phi) is 17.9. The molecule has 4 fully saturated rings. The van der Waals surface area contributed by atoms with Gasteiger partial charge in [-0.15, -0.1) is 0 Å². The molecule has 12 rings (SSSR count). The van der Waals surface area contributed by atoms with Crippen molar-refractivity contribution >= 4 is 63.7 Å². The number of nitrogens with zero attached hydrogens (tertiary/aromatic N) is 10. The Morgan fingerprint density at radius 1 is 0.551 bits per heavy atom. The third-order valence-electron chi connectivity index (χ3n) is 18.0. The largest absolute Gasteiger partial charge is 0.390 e. The zero-order valence-corrected chi connectivity index (χ0v) is 49.4. The summed E-state index contributed by atoms with van der Waals surface area (Å²) in [6.07, 6.45) is 0.545. The molecular weight excluding hydrogens is 1140 g/mol. The quantitative estimate of drug-likeness (QED) is 0.0439. The van der Waals surface area contributed by atoms with Crippen molar-refractivity contribution in [1.29, 1.82) is 0 Å². The van der Waals surface area contributed by atoms with E-state index in [0.29, 0.717) is 104 Å². The van der Waals surface area contributed by atoms with Crippen molar-refractivity contribution in [3.63, 3.8) is 0 Å². The number of halogens is 2. The number of amides is 4. The number of nitrogens with one attached hydrogen (secondary N) is 6. The zero-order valence-electron chi connectivity index (χ0n) is 49.4. The number of anilines is 4. The molecule has 0 spiro atoms. The van der Waals surface area contributed by atoms with Gasteiger partial charge in [0.1, 0.15) is 29.9 Å². The number of rotatable bonds is 21. The molecule has 10 N–H and O–H groups in total. The van der Waals surface area contributed by atoms with Gasteiger partial charge in [0, 0.05) is 88.5 Å². The summed E-state index contributed by atoms with van der Waals surface area (Å²) in [6, 6.07) is 29.5. The van der Waals surface area contributed by atoms with Crippen molar-refractivity contribution in [3.05, 3.63) is 156 Å². The average molecular weight is 1220 g/mol. The lowest BCUT2D eigenvalue weighted by molar-refractivity contribution is -0.122. The monoisotopic (exact) mass is 1220 g/mol. The summed E-state index contributed by atoms with van der Waals surface area (Å²) in [6.45, 7) is 6.02. The van der Waals surface area contributed by atoms with Gasteiger partial charge in [0.15, 0.2) is 34.0 Å². The van der Waals surface area contributed by atoms with E-state index in [0.717, 1.165) is 22.3 Å². The van der Waals surface area contributed by atoms with E-state index in [2.05, 4.69) is 31.9 Å². The number of aliphatic hydroxyl groups excluding tert-OH is 4. The zero-order chi connectivity index (χ0) is 61.9. The van der Waals surface area contributed by atoms with Crippen molar-refractivity contribution in [2.75, 3.05) is 66.2 Å². The lowest BCUT2D eigenvalue weighted by Gasteiger charge is -2.23. The molecule has 25 heteroatoms. The third kappa shape index (κ3) is 13.0. The van der Waals surface area contributed by atoms with Gasteiger partial charge in [-0.1, -0.05) is 98.8 Å². The van der Waals surface area contributed by atoms with Crippen LogP contribution in [0, 0.1) is 17.6 Å². The van der Waals surface area contributed by atoms with Crippen LogP contribution in [0.2, 0.25) is 0 Å². The molecule has 2 saturated heterocycles. The lowest BCUT2D eigenvalue weighted by atomic mass is 9.91. The molecule has 466 valence electrons. The van der Waals surface area contributed by atoms with Gasteiger partial charge in [0.2, 0.25) is 23.7 Å². The second kappa shape index (κ2) is 26.4. The first-order valence-corrected chi connectivity index (χ1v) is 30.6. The van der Waals surface area contributed by atoms with E-state index in [1.54, 1.807) is 59.9 Å². The van der Waals surface area contributed by atoms with Crippen LogP contribution in [0.5, 0.6) is 0 Å². The van der Waals surface area contributed by atoms with Crippen LogP contribution in [-0.2, 0) is 9.59 Å². The van der Waals surface area contributed by atoms with Crippen molar-refractivity contribution in [2.45, 2.75) is 119 Å². The highest BCUT2D eigenvalue weighted by atomic mass is 19.1.